The van der Waals surface area contributed by atoms with Gasteiger partial charge in [0.05, 0.1) is 21.3 Å². The van der Waals surface area contributed by atoms with E-state index in [0.717, 1.165) is 29.9 Å². The number of methoxy groups -OCH3 is 3. The van der Waals surface area contributed by atoms with Gasteiger partial charge in [-0.15, -0.1) is 0 Å². The van der Waals surface area contributed by atoms with Gasteiger partial charge in [-0.2, -0.15) is 0 Å². The molecule has 1 aromatic carbocycles. The molecule has 0 aliphatic carbocycles. The summed E-state index contributed by atoms with van der Waals surface area (Å²) in [6, 6.07) is 3.84. The maximum atomic E-state index is 5.30. The third kappa shape index (κ3) is 2.55. The average molecular weight is 210 g/mol. The van der Waals surface area contributed by atoms with E-state index in [0.29, 0.717) is 5.75 Å². The van der Waals surface area contributed by atoms with Gasteiger partial charge in [-0.1, -0.05) is 13.3 Å². The molecule has 0 aliphatic rings. The van der Waals surface area contributed by atoms with Gasteiger partial charge < -0.3 is 14.2 Å². The second kappa shape index (κ2) is 5.49. The number of hydrogen-bond acceptors (Lipinski definition) is 3. The Bertz CT molecular complexity index is 321. The van der Waals surface area contributed by atoms with Crippen molar-refractivity contribution in [3.05, 3.63) is 17.7 Å². The highest BCUT2D eigenvalue weighted by atomic mass is 16.5. The van der Waals surface area contributed by atoms with Crippen molar-refractivity contribution in [2.75, 3.05) is 21.3 Å². The fourth-order valence-electron chi connectivity index (χ4n) is 1.56. The Hall–Kier alpha value is -1.38. The minimum Gasteiger partial charge on any atom is -0.496 e. The summed E-state index contributed by atoms with van der Waals surface area (Å²) in [5.74, 6) is 2.31. The van der Waals surface area contributed by atoms with Crippen molar-refractivity contribution in [2.45, 2.75) is 19.8 Å². The average Bonchev–Trinajstić information content (AvgIpc) is 2.28. The van der Waals surface area contributed by atoms with E-state index in [1.165, 1.54) is 0 Å². The van der Waals surface area contributed by atoms with E-state index in [1.807, 2.05) is 12.1 Å². The molecule has 1 aromatic rings. The van der Waals surface area contributed by atoms with E-state index in [1.54, 1.807) is 21.3 Å². The molecule has 3 heteroatoms. The number of benzene rings is 1. The quantitative estimate of drug-likeness (QED) is 0.747. The van der Waals surface area contributed by atoms with Crippen LogP contribution in [0.25, 0.3) is 0 Å². The summed E-state index contributed by atoms with van der Waals surface area (Å²) in [6.45, 7) is 2.14. The fourth-order valence-corrected chi connectivity index (χ4v) is 1.56. The topological polar surface area (TPSA) is 27.7 Å². The molecule has 0 unspecified atom stereocenters. The van der Waals surface area contributed by atoms with Gasteiger partial charge in [0.15, 0.2) is 11.5 Å². The van der Waals surface area contributed by atoms with Crippen LogP contribution in [0.5, 0.6) is 17.2 Å². The molecule has 0 saturated heterocycles. The standard InChI is InChI=1S/C12H18O3/c1-5-6-9-7-11(14-3)12(15-4)8-10(9)13-2/h7-8H,5-6H2,1-4H3. The monoisotopic (exact) mass is 210 g/mol. The molecule has 3 nitrogen and oxygen atoms in total. The van der Waals surface area contributed by atoms with Gasteiger partial charge in [-0.25, -0.2) is 0 Å². The van der Waals surface area contributed by atoms with Crippen molar-refractivity contribution in [3.8, 4) is 17.2 Å². The van der Waals surface area contributed by atoms with Crippen molar-refractivity contribution >= 4 is 0 Å². The highest BCUT2D eigenvalue weighted by molar-refractivity contribution is 5.50. The van der Waals surface area contributed by atoms with Gasteiger partial charge in [0, 0.05) is 6.07 Å². The van der Waals surface area contributed by atoms with Crippen molar-refractivity contribution in [1.29, 1.82) is 0 Å². The summed E-state index contributed by atoms with van der Waals surface area (Å²) in [5, 5.41) is 0. The maximum Gasteiger partial charge on any atom is 0.164 e. The van der Waals surface area contributed by atoms with E-state index >= 15 is 0 Å². The summed E-state index contributed by atoms with van der Waals surface area (Å²) in [4.78, 5) is 0. The Labute approximate surface area is 91.0 Å². The SMILES string of the molecule is CCCc1cc(OC)c(OC)cc1OC. The molecular formula is C12H18O3. The van der Waals surface area contributed by atoms with E-state index in [2.05, 4.69) is 6.92 Å². The number of rotatable bonds is 5. The zero-order chi connectivity index (χ0) is 11.3. The summed E-state index contributed by atoms with van der Waals surface area (Å²) >= 11 is 0. The van der Waals surface area contributed by atoms with Gasteiger partial charge in [0.2, 0.25) is 0 Å². The first-order valence-electron chi connectivity index (χ1n) is 5.05. The van der Waals surface area contributed by atoms with E-state index in [9.17, 15) is 0 Å². The number of aryl methyl sites for hydroxylation is 1. The molecule has 0 spiro atoms. The molecule has 0 aliphatic heterocycles. The molecule has 0 heterocycles. The molecule has 84 valence electrons. The molecule has 0 amide bonds. The van der Waals surface area contributed by atoms with Crippen LogP contribution in [0, 0.1) is 0 Å². The van der Waals surface area contributed by atoms with E-state index < -0.39 is 0 Å². The molecule has 0 saturated carbocycles. The second-order valence-corrected chi connectivity index (χ2v) is 3.27. The van der Waals surface area contributed by atoms with Crippen molar-refractivity contribution < 1.29 is 14.2 Å². The van der Waals surface area contributed by atoms with Crippen LogP contribution in [0.1, 0.15) is 18.9 Å². The smallest absolute Gasteiger partial charge is 0.164 e. The minimum atomic E-state index is 0.703. The van der Waals surface area contributed by atoms with Crippen LogP contribution in [0.3, 0.4) is 0 Å². The number of ether oxygens (including phenoxy) is 3. The summed E-state index contributed by atoms with van der Waals surface area (Å²) in [5.41, 5.74) is 1.15. The molecule has 0 atom stereocenters. The van der Waals surface area contributed by atoms with Crippen LogP contribution in [0.4, 0.5) is 0 Å². The van der Waals surface area contributed by atoms with Gasteiger partial charge in [0.25, 0.3) is 0 Å². The largest absolute Gasteiger partial charge is 0.496 e. The van der Waals surface area contributed by atoms with Crippen LogP contribution in [0.2, 0.25) is 0 Å². The molecule has 1 rings (SSSR count). The lowest BCUT2D eigenvalue weighted by Crippen LogP contribution is -1.96. The summed E-state index contributed by atoms with van der Waals surface area (Å²) < 4.78 is 15.8. The first kappa shape index (κ1) is 11.7. The molecule has 0 N–H and O–H groups in total. The summed E-state index contributed by atoms with van der Waals surface area (Å²) in [6.07, 6.45) is 2.05. The van der Waals surface area contributed by atoms with Crippen LogP contribution >= 0.6 is 0 Å². The van der Waals surface area contributed by atoms with Crippen molar-refractivity contribution in [3.63, 3.8) is 0 Å². The summed E-state index contributed by atoms with van der Waals surface area (Å²) in [7, 11) is 4.93. The molecule has 15 heavy (non-hydrogen) atoms. The molecule has 0 radical (unpaired) electrons. The lowest BCUT2D eigenvalue weighted by molar-refractivity contribution is 0.347. The van der Waals surface area contributed by atoms with Crippen LogP contribution in [-0.4, -0.2) is 21.3 Å². The Morgan fingerprint density at radius 1 is 0.867 bits per heavy atom. The van der Waals surface area contributed by atoms with Gasteiger partial charge in [0.1, 0.15) is 5.75 Å². The highest BCUT2D eigenvalue weighted by Gasteiger charge is 2.10. The zero-order valence-electron chi connectivity index (χ0n) is 9.79. The van der Waals surface area contributed by atoms with E-state index in [4.69, 9.17) is 14.2 Å². The fraction of sp³-hybridized carbons (Fsp3) is 0.500. The van der Waals surface area contributed by atoms with Gasteiger partial charge in [-0.3, -0.25) is 0 Å². The highest BCUT2D eigenvalue weighted by Crippen LogP contribution is 2.34. The zero-order valence-corrected chi connectivity index (χ0v) is 9.79. The molecule has 0 bridgehead atoms. The van der Waals surface area contributed by atoms with Crippen LogP contribution < -0.4 is 14.2 Å². The first-order chi connectivity index (χ1) is 7.26. The normalized spacial score (nSPS) is 9.87. The van der Waals surface area contributed by atoms with E-state index in [-0.39, 0.29) is 0 Å². The Kier molecular flexibility index (Phi) is 4.28. The first-order valence-corrected chi connectivity index (χ1v) is 5.05. The second-order valence-electron chi connectivity index (χ2n) is 3.27. The Morgan fingerprint density at radius 2 is 1.40 bits per heavy atom. The van der Waals surface area contributed by atoms with Crippen LogP contribution in [-0.2, 0) is 6.42 Å². The molecule has 0 aromatic heterocycles. The Morgan fingerprint density at radius 3 is 1.87 bits per heavy atom. The van der Waals surface area contributed by atoms with Crippen molar-refractivity contribution in [1.82, 2.24) is 0 Å². The third-order valence-electron chi connectivity index (χ3n) is 2.31. The number of hydrogen-bond donors (Lipinski definition) is 0. The predicted octanol–water partition coefficient (Wildman–Crippen LogP) is 2.66. The minimum absolute atomic E-state index is 0.703. The lowest BCUT2D eigenvalue weighted by atomic mass is 10.1. The van der Waals surface area contributed by atoms with Gasteiger partial charge >= 0.3 is 0 Å². The predicted molar refractivity (Wildman–Crippen MR) is 60.1 cm³/mol. The van der Waals surface area contributed by atoms with Crippen molar-refractivity contribution in [2.24, 2.45) is 0 Å². The Balaban J connectivity index is 3.15. The van der Waals surface area contributed by atoms with Crippen LogP contribution in [0.15, 0.2) is 12.1 Å². The van der Waals surface area contributed by atoms with Gasteiger partial charge in [-0.05, 0) is 18.1 Å². The lowest BCUT2D eigenvalue weighted by Gasteiger charge is -2.13. The molecule has 0 fully saturated rings. The third-order valence-corrected chi connectivity index (χ3v) is 2.31. The maximum absolute atomic E-state index is 5.30. The molecular weight excluding hydrogens is 192 g/mol.